The maximum atomic E-state index is 5.41. The van der Waals surface area contributed by atoms with Gasteiger partial charge in [0.25, 0.3) is 0 Å². The molecule has 0 spiro atoms. The highest BCUT2D eigenvalue weighted by Crippen LogP contribution is 1.96. The molecule has 0 aromatic rings. The summed E-state index contributed by atoms with van der Waals surface area (Å²) in [6, 6.07) is 0. The quantitative estimate of drug-likeness (QED) is 0.541. The Balaban J connectivity index is 3.12. The number of hydrogen-bond donors (Lipinski definition) is 0. The summed E-state index contributed by atoms with van der Waals surface area (Å²) in [6.07, 6.45) is 2.28. The molecular weight excluding hydrogens is 162 g/mol. The van der Waals surface area contributed by atoms with Crippen molar-refractivity contribution in [2.75, 3.05) is 33.4 Å². The Hall–Kier alpha value is -0.0800. The van der Waals surface area contributed by atoms with Crippen LogP contribution in [0, 0.1) is 5.92 Å². The second kappa shape index (κ2) is 8.52. The van der Waals surface area contributed by atoms with Gasteiger partial charge in [-0.25, -0.2) is 0 Å². The van der Waals surface area contributed by atoms with Gasteiger partial charge < -0.3 is 9.64 Å². The molecule has 0 rings (SSSR count). The Morgan fingerprint density at radius 1 is 1.23 bits per heavy atom. The second-order valence-corrected chi connectivity index (χ2v) is 4.12. The van der Waals surface area contributed by atoms with Gasteiger partial charge >= 0.3 is 0 Å². The lowest BCUT2D eigenvalue weighted by Gasteiger charge is -2.18. The van der Waals surface area contributed by atoms with Gasteiger partial charge in [-0.3, -0.25) is 0 Å². The van der Waals surface area contributed by atoms with Crippen molar-refractivity contribution in [1.82, 2.24) is 4.90 Å². The molecule has 13 heavy (non-hydrogen) atoms. The summed E-state index contributed by atoms with van der Waals surface area (Å²) in [5.41, 5.74) is 0. The third-order valence-electron chi connectivity index (χ3n) is 1.85. The Morgan fingerprint density at radius 2 is 1.92 bits per heavy atom. The molecule has 0 aromatic carbocycles. The lowest BCUT2D eigenvalue weighted by molar-refractivity contribution is 0.123. The van der Waals surface area contributed by atoms with Crippen LogP contribution in [-0.4, -0.2) is 38.3 Å². The summed E-state index contributed by atoms with van der Waals surface area (Å²) in [4.78, 5) is 2.37. The van der Waals surface area contributed by atoms with Crippen LogP contribution in [0.5, 0.6) is 0 Å². The molecule has 0 unspecified atom stereocenters. The van der Waals surface area contributed by atoms with E-state index in [1.54, 1.807) is 0 Å². The van der Waals surface area contributed by atoms with Crippen molar-refractivity contribution < 1.29 is 4.74 Å². The second-order valence-electron chi connectivity index (χ2n) is 4.12. The van der Waals surface area contributed by atoms with Gasteiger partial charge in [-0.1, -0.05) is 20.8 Å². The third-order valence-corrected chi connectivity index (χ3v) is 1.85. The van der Waals surface area contributed by atoms with Crippen LogP contribution >= 0.6 is 0 Å². The average molecular weight is 187 g/mol. The minimum Gasteiger partial charge on any atom is -0.381 e. The first-order valence-electron chi connectivity index (χ1n) is 5.43. The molecule has 2 nitrogen and oxygen atoms in total. The maximum absolute atomic E-state index is 5.41. The number of hydrogen-bond acceptors (Lipinski definition) is 2. The van der Waals surface area contributed by atoms with Crippen LogP contribution in [0.2, 0.25) is 0 Å². The molecule has 0 aliphatic rings. The van der Waals surface area contributed by atoms with Crippen molar-refractivity contribution >= 4 is 0 Å². The highest BCUT2D eigenvalue weighted by Gasteiger charge is 2.00. The first-order chi connectivity index (χ1) is 6.16. The SMILES string of the molecule is CCCOCCCN(C)CC(C)C. The summed E-state index contributed by atoms with van der Waals surface area (Å²) < 4.78 is 5.41. The van der Waals surface area contributed by atoms with Crippen LogP contribution in [0.3, 0.4) is 0 Å². The summed E-state index contributed by atoms with van der Waals surface area (Å²) in [5, 5.41) is 0. The fourth-order valence-corrected chi connectivity index (χ4v) is 1.40. The Kier molecular flexibility index (Phi) is 8.46. The van der Waals surface area contributed by atoms with Crippen LogP contribution in [0.4, 0.5) is 0 Å². The van der Waals surface area contributed by atoms with Crippen LogP contribution in [0.15, 0.2) is 0 Å². The lowest BCUT2D eigenvalue weighted by atomic mass is 10.2. The van der Waals surface area contributed by atoms with Gasteiger partial charge in [0.15, 0.2) is 0 Å². The van der Waals surface area contributed by atoms with E-state index in [1.165, 1.54) is 6.54 Å². The van der Waals surface area contributed by atoms with E-state index in [2.05, 4.69) is 32.7 Å². The molecule has 0 bridgehead atoms. The van der Waals surface area contributed by atoms with Crippen LogP contribution in [-0.2, 0) is 4.74 Å². The number of rotatable bonds is 8. The predicted molar refractivity (Wildman–Crippen MR) is 58.1 cm³/mol. The smallest absolute Gasteiger partial charge is 0.0478 e. The summed E-state index contributed by atoms with van der Waals surface area (Å²) >= 11 is 0. The standard InChI is InChI=1S/C11H25NO/c1-5-8-13-9-6-7-12(4)10-11(2)3/h11H,5-10H2,1-4H3. The molecule has 0 aliphatic heterocycles. The van der Waals surface area contributed by atoms with E-state index in [9.17, 15) is 0 Å². The molecule has 0 radical (unpaired) electrons. The van der Waals surface area contributed by atoms with Crippen molar-refractivity contribution in [2.45, 2.75) is 33.6 Å². The zero-order valence-electron chi connectivity index (χ0n) is 9.68. The van der Waals surface area contributed by atoms with Gasteiger partial charge in [-0.15, -0.1) is 0 Å². The summed E-state index contributed by atoms with van der Waals surface area (Å²) in [5.74, 6) is 0.765. The Morgan fingerprint density at radius 3 is 2.46 bits per heavy atom. The van der Waals surface area contributed by atoms with Crippen molar-refractivity contribution in [1.29, 1.82) is 0 Å². The Labute approximate surface area is 83.3 Å². The van der Waals surface area contributed by atoms with Gasteiger partial charge in [-0.2, -0.15) is 0 Å². The zero-order chi connectivity index (χ0) is 10.1. The van der Waals surface area contributed by atoms with Gasteiger partial charge in [0.05, 0.1) is 0 Å². The summed E-state index contributed by atoms with van der Waals surface area (Å²) in [7, 11) is 2.18. The molecule has 0 heterocycles. The lowest BCUT2D eigenvalue weighted by Crippen LogP contribution is -2.25. The fourth-order valence-electron chi connectivity index (χ4n) is 1.40. The third kappa shape index (κ3) is 9.84. The van der Waals surface area contributed by atoms with Gasteiger partial charge in [0, 0.05) is 26.3 Å². The van der Waals surface area contributed by atoms with Crippen LogP contribution < -0.4 is 0 Å². The molecule has 0 aromatic heterocycles. The molecule has 0 fully saturated rings. The van der Waals surface area contributed by atoms with E-state index < -0.39 is 0 Å². The predicted octanol–water partition coefficient (Wildman–Crippen LogP) is 2.39. The van der Waals surface area contributed by atoms with Crippen molar-refractivity contribution in [3.63, 3.8) is 0 Å². The molecule has 80 valence electrons. The zero-order valence-corrected chi connectivity index (χ0v) is 9.68. The fraction of sp³-hybridized carbons (Fsp3) is 1.00. The van der Waals surface area contributed by atoms with E-state index in [0.29, 0.717) is 0 Å². The molecule has 0 N–H and O–H groups in total. The number of nitrogens with zero attached hydrogens (tertiary/aromatic N) is 1. The molecule has 0 atom stereocenters. The first-order valence-corrected chi connectivity index (χ1v) is 5.43. The molecule has 0 saturated carbocycles. The minimum atomic E-state index is 0.765. The summed E-state index contributed by atoms with van der Waals surface area (Å²) in [6.45, 7) is 10.8. The molecular formula is C11H25NO. The molecule has 0 aliphatic carbocycles. The topological polar surface area (TPSA) is 12.5 Å². The Bertz CT molecular complexity index is 104. The first kappa shape index (κ1) is 12.9. The van der Waals surface area contributed by atoms with E-state index in [4.69, 9.17) is 4.74 Å². The monoisotopic (exact) mass is 187 g/mol. The van der Waals surface area contributed by atoms with Crippen molar-refractivity contribution in [2.24, 2.45) is 5.92 Å². The highest BCUT2D eigenvalue weighted by molar-refractivity contribution is 4.54. The molecule has 0 saturated heterocycles. The van der Waals surface area contributed by atoms with Gasteiger partial charge in [0.2, 0.25) is 0 Å². The van der Waals surface area contributed by atoms with Crippen LogP contribution in [0.25, 0.3) is 0 Å². The normalized spacial score (nSPS) is 11.5. The van der Waals surface area contributed by atoms with Crippen LogP contribution in [0.1, 0.15) is 33.6 Å². The van der Waals surface area contributed by atoms with E-state index in [0.717, 1.165) is 38.5 Å². The molecule has 2 heteroatoms. The van der Waals surface area contributed by atoms with E-state index in [-0.39, 0.29) is 0 Å². The van der Waals surface area contributed by atoms with Gasteiger partial charge in [0.1, 0.15) is 0 Å². The maximum Gasteiger partial charge on any atom is 0.0478 e. The minimum absolute atomic E-state index is 0.765. The van der Waals surface area contributed by atoms with Crippen molar-refractivity contribution in [3.8, 4) is 0 Å². The van der Waals surface area contributed by atoms with E-state index >= 15 is 0 Å². The van der Waals surface area contributed by atoms with Crippen molar-refractivity contribution in [3.05, 3.63) is 0 Å². The molecule has 0 amide bonds. The van der Waals surface area contributed by atoms with E-state index in [1.807, 2.05) is 0 Å². The average Bonchev–Trinajstić information content (AvgIpc) is 2.02. The largest absolute Gasteiger partial charge is 0.381 e. The van der Waals surface area contributed by atoms with Gasteiger partial charge in [-0.05, 0) is 25.8 Å². The highest BCUT2D eigenvalue weighted by atomic mass is 16.5. The number of ether oxygens (including phenoxy) is 1.